The van der Waals surface area contributed by atoms with Crippen LogP contribution in [0.5, 0.6) is 0 Å². The lowest BCUT2D eigenvalue weighted by Gasteiger charge is -2.06. The first-order chi connectivity index (χ1) is 7.54. The summed E-state index contributed by atoms with van der Waals surface area (Å²) in [5.74, 6) is 1.58. The van der Waals surface area contributed by atoms with Crippen molar-refractivity contribution in [1.82, 2.24) is 9.97 Å². The highest BCUT2D eigenvalue weighted by atomic mass is 32.1. The van der Waals surface area contributed by atoms with E-state index in [1.165, 1.54) is 7.11 Å². The summed E-state index contributed by atoms with van der Waals surface area (Å²) in [5.41, 5.74) is 1.11. The van der Waals surface area contributed by atoms with E-state index in [2.05, 4.69) is 21.6 Å². The van der Waals surface area contributed by atoms with Crippen LogP contribution in [0.25, 0.3) is 0 Å². The van der Waals surface area contributed by atoms with E-state index in [-0.39, 0.29) is 0 Å². The first-order valence-corrected chi connectivity index (χ1v) is 5.64. The van der Waals surface area contributed by atoms with Gasteiger partial charge in [-0.15, -0.1) is 0 Å². The number of methoxy groups -OCH3 is 1. The van der Waals surface area contributed by atoms with Crippen LogP contribution in [0.2, 0.25) is 0 Å². The fourth-order valence-electron chi connectivity index (χ4n) is 1.83. The van der Waals surface area contributed by atoms with E-state index in [1.54, 1.807) is 0 Å². The molecule has 0 amide bonds. The van der Waals surface area contributed by atoms with Crippen LogP contribution in [-0.2, 0) is 4.74 Å². The number of aromatic amines is 1. The molecule has 0 bridgehead atoms. The molecule has 1 aromatic heterocycles. The van der Waals surface area contributed by atoms with Crippen LogP contribution in [0.4, 0.5) is 0 Å². The molecular weight excluding hydrogens is 224 g/mol. The molecule has 2 rings (SSSR count). The number of carbonyl (C=O) groups is 1. The maximum Gasteiger partial charge on any atom is 0.342 e. The van der Waals surface area contributed by atoms with Gasteiger partial charge in [0.15, 0.2) is 0 Å². The van der Waals surface area contributed by atoms with Gasteiger partial charge in [-0.05, 0) is 19.3 Å². The van der Waals surface area contributed by atoms with Crippen molar-refractivity contribution < 1.29 is 9.53 Å². The lowest BCUT2D eigenvalue weighted by Crippen LogP contribution is -2.10. The van der Waals surface area contributed by atoms with E-state index in [9.17, 15) is 4.79 Å². The van der Waals surface area contributed by atoms with Crippen molar-refractivity contribution in [1.29, 1.82) is 0 Å². The number of hydrogen-bond acceptors (Lipinski definition) is 4. The number of H-pyrrole nitrogens is 1. The number of hydrogen-bond donors (Lipinski definition) is 1. The summed E-state index contributed by atoms with van der Waals surface area (Å²) in [4.78, 5) is 18.9. The number of nitrogens with one attached hydrogen (secondary N) is 1. The molecule has 86 valence electrons. The summed E-state index contributed by atoms with van der Waals surface area (Å²) in [6.07, 6.45) is 1.13. The molecule has 4 nitrogen and oxygen atoms in total. The number of esters is 1. The number of rotatable bonds is 2. The van der Waals surface area contributed by atoms with Gasteiger partial charge in [0.2, 0.25) is 0 Å². The molecule has 1 fully saturated rings. The maximum absolute atomic E-state index is 11.5. The molecule has 2 atom stereocenters. The van der Waals surface area contributed by atoms with Crippen molar-refractivity contribution in [3.63, 3.8) is 0 Å². The lowest BCUT2D eigenvalue weighted by molar-refractivity contribution is 0.0598. The quantitative estimate of drug-likeness (QED) is 0.634. The Balaban J connectivity index is 2.44. The summed E-state index contributed by atoms with van der Waals surface area (Å²) in [6, 6.07) is 0. The number of aryl methyl sites for hydroxylation is 1. The fourth-order valence-corrected chi connectivity index (χ4v) is 2.16. The first-order valence-electron chi connectivity index (χ1n) is 5.23. The second kappa shape index (κ2) is 3.97. The Kier molecular flexibility index (Phi) is 2.80. The molecule has 1 saturated carbocycles. The number of ether oxygens (including phenoxy) is 1. The van der Waals surface area contributed by atoms with Crippen LogP contribution >= 0.6 is 12.2 Å². The molecular formula is C11H14N2O2S. The Hall–Kier alpha value is -1.23. The van der Waals surface area contributed by atoms with E-state index in [1.807, 2.05) is 6.92 Å². The van der Waals surface area contributed by atoms with Gasteiger partial charge in [-0.25, -0.2) is 9.78 Å². The van der Waals surface area contributed by atoms with E-state index >= 15 is 0 Å². The molecule has 1 aromatic rings. The second-order valence-electron chi connectivity index (χ2n) is 4.24. The molecule has 1 aliphatic carbocycles. The lowest BCUT2D eigenvalue weighted by atomic mass is 10.2. The van der Waals surface area contributed by atoms with Gasteiger partial charge in [0.25, 0.3) is 0 Å². The smallest absolute Gasteiger partial charge is 0.342 e. The monoisotopic (exact) mass is 238 g/mol. The zero-order chi connectivity index (χ0) is 11.9. The Bertz CT molecular complexity index is 495. The maximum atomic E-state index is 11.5. The normalized spacial score (nSPS) is 22.9. The SMILES string of the molecule is COC(=O)c1c(C)[nH]c(C2CC2C)nc1=S. The highest BCUT2D eigenvalue weighted by molar-refractivity contribution is 7.71. The molecule has 0 aromatic carbocycles. The van der Waals surface area contributed by atoms with Crippen LogP contribution in [0.3, 0.4) is 0 Å². The summed E-state index contributed by atoms with van der Waals surface area (Å²) in [7, 11) is 1.34. The van der Waals surface area contributed by atoms with Crippen molar-refractivity contribution in [3.8, 4) is 0 Å². The van der Waals surface area contributed by atoms with E-state index in [0.29, 0.717) is 22.0 Å². The third-order valence-electron chi connectivity index (χ3n) is 2.98. The summed E-state index contributed by atoms with van der Waals surface area (Å²) < 4.78 is 5.00. The molecule has 0 spiro atoms. The predicted molar refractivity (Wildman–Crippen MR) is 62.0 cm³/mol. The molecule has 16 heavy (non-hydrogen) atoms. The average Bonchev–Trinajstić information content (AvgIpc) is 2.94. The van der Waals surface area contributed by atoms with E-state index in [0.717, 1.165) is 17.9 Å². The average molecular weight is 238 g/mol. The van der Waals surface area contributed by atoms with Gasteiger partial charge in [-0.1, -0.05) is 19.1 Å². The van der Waals surface area contributed by atoms with Crippen LogP contribution in [0, 0.1) is 17.5 Å². The minimum Gasteiger partial charge on any atom is -0.465 e. The van der Waals surface area contributed by atoms with Crippen LogP contribution in [0.15, 0.2) is 0 Å². The minimum absolute atomic E-state index is 0.331. The molecule has 0 aliphatic heterocycles. The van der Waals surface area contributed by atoms with Crippen molar-refractivity contribution >= 4 is 18.2 Å². The Morgan fingerprint density at radius 3 is 2.69 bits per heavy atom. The minimum atomic E-state index is -0.429. The summed E-state index contributed by atoms with van der Waals surface area (Å²) in [5, 5.41) is 0. The molecule has 1 aliphatic rings. The van der Waals surface area contributed by atoms with Gasteiger partial charge in [0, 0.05) is 11.6 Å². The Morgan fingerprint density at radius 2 is 2.25 bits per heavy atom. The highest BCUT2D eigenvalue weighted by Gasteiger charge is 2.36. The van der Waals surface area contributed by atoms with E-state index < -0.39 is 5.97 Å². The number of nitrogens with zero attached hydrogens (tertiary/aromatic N) is 1. The van der Waals surface area contributed by atoms with Crippen molar-refractivity contribution in [2.75, 3.05) is 7.11 Å². The van der Waals surface area contributed by atoms with Gasteiger partial charge in [0.1, 0.15) is 16.0 Å². The molecule has 5 heteroatoms. The Labute approximate surface area is 99.1 Å². The van der Waals surface area contributed by atoms with Gasteiger partial charge >= 0.3 is 5.97 Å². The third kappa shape index (κ3) is 1.87. The zero-order valence-electron chi connectivity index (χ0n) is 9.53. The molecule has 2 unspecified atom stereocenters. The molecule has 0 saturated heterocycles. The van der Waals surface area contributed by atoms with Gasteiger partial charge in [0.05, 0.1) is 7.11 Å². The Morgan fingerprint density at radius 1 is 1.62 bits per heavy atom. The third-order valence-corrected chi connectivity index (χ3v) is 3.27. The van der Waals surface area contributed by atoms with Crippen LogP contribution < -0.4 is 0 Å². The predicted octanol–water partition coefficient (Wildman–Crippen LogP) is 2.36. The molecule has 0 radical (unpaired) electrons. The standard InChI is InChI=1S/C11H14N2O2S/c1-5-4-7(5)9-12-6(2)8(10(16)13-9)11(14)15-3/h5,7H,4H2,1-3H3,(H,12,13,16). The van der Waals surface area contributed by atoms with Crippen LogP contribution in [0.1, 0.15) is 41.1 Å². The van der Waals surface area contributed by atoms with Gasteiger partial charge < -0.3 is 9.72 Å². The van der Waals surface area contributed by atoms with Gasteiger partial charge in [-0.2, -0.15) is 0 Å². The largest absolute Gasteiger partial charge is 0.465 e. The summed E-state index contributed by atoms with van der Waals surface area (Å²) in [6.45, 7) is 3.99. The van der Waals surface area contributed by atoms with E-state index in [4.69, 9.17) is 12.2 Å². The van der Waals surface area contributed by atoms with Gasteiger partial charge in [-0.3, -0.25) is 0 Å². The summed E-state index contributed by atoms with van der Waals surface area (Å²) >= 11 is 5.12. The van der Waals surface area contributed by atoms with Crippen molar-refractivity contribution in [2.45, 2.75) is 26.2 Å². The number of carbonyl (C=O) groups excluding carboxylic acids is 1. The zero-order valence-corrected chi connectivity index (χ0v) is 10.4. The molecule has 1 N–H and O–H groups in total. The fraction of sp³-hybridized carbons (Fsp3) is 0.545. The second-order valence-corrected chi connectivity index (χ2v) is 4.62. The van der Waals surface area contributed by atoms with Crippen molar-refractivity contribution in [2.24, 2.45) is 5.92 Å². The topological polar surface area (TPSA) is 55.0 Å². The van der Waals surface area contributed by atoms with Crippen LogP contribution in [-0.4, -0.2) is 23.0 Å². The number of aromatic nitrogens is 2. The highest BCUT2D eigenvalue weighted by Crippen LogP contribution is 2.45. The molecule has 1 heterocycles. The first kappa shape index (κ1) is 11.3. The van der Waals surface area contributed by atoms with Crippen molar-refractivity contribution in [3.05, 3.63) is 21.7 Å².